The number of methoxy groups -OCH3 is 1. The van der Waals surface area contributed by atoms with E-state index in [1.807, 2.05) is 0 Å². The topological polar surface area (TPSA) is 68.3 Å². The highest BCUT2D eigenvalue weighted by molar-refractivity contribution is 9.10. The maximum atomic E-state index is 12.4. The average molecular weight is 457 g/mol. The summed E-state index contributed by atoms with van der Waals surface area (Å²) in [5.41, 5.74) is 0.233. The fourth-order valence-electron chi connectivity index (χ4n) is 1.59. The van der Waals surface area contributed by atoms with Gasteiger partial charge in [-0.25, -0.2) is 8.42 Å². The number of halogens is 3. The van der Waals surface area contributed by atoms with Gasteiger partial charge in [0.1, 0.15) is 4.90 Å². The third-order valence-corrected chi connectivity index (χ3v) is 5.02. The summed E-state index contributed by atoms with van der Waals surface area (Å²) < 4.78 is 33.4. The highest BCUT2D eigenvalue weighted by Gasteiger charge is 2.19. The van der Waals surface area contributed by atoms with Crippen molar-refractivity contribution >= 4 is 59.2 Å². The molecule has 0 aliphatic carbocycles. The Hall–Kier alpha value is -0.830. The molecule has 5 nitrogen and oxygen atoms in total. The predicted octanol–water partition coefficient (Wildman–Crippen LogP) is 4.07. The summed E-state index contributed by atoms with van der Waals surface area (Å²) in [5, 5.41) is 0.368. The zero-order chi connectivity index (χ0) is 15.6. The maximum Gasteiger partial charge on any atom is 0.263 e. The molecule has 1 heterocycles. The summed E-state index contributed by atoms with van der Waals surface area (Å²) in [5.74, 6) is 0.339. The minimum Gasteiger partial charge on any atom is -0.493 e. The molecule has 2 rings (SSSR count). The number of rotatable bonds is 4. The SMILES string of the molecule is COc1c(Br)cc(Cl)cc1NS(=O)(=O)c1cncc(Br)c1. The van der Waals surface area contributed by atoms with Gasteiger partial charge in [0.2, 0.25) is 0 Å². The van der Waals surface area contributed by atoms with Gasteiger partial charge in [0.25, 0.3) is 10.0 Å². The van der Waals surface area contributed by atoms with E-state index in [0.717, 1.165) is 0 Å². The lowest BCUT2D eigenvalue weighted by atomic mass is 10.3. The van der Waals surface area contributed by atoms with Crippen LogP contribution in [0.1, 0.15) is 0 Å². The van der Waals surface area contributed by atoms with Crippen molar-refractivity contribution in [2.45, 2.75) is 4.90 Å². The van der Waals surface area contributed by atoms with Crippen LogP contribution in [0, 0.1) is 0 Å². The van der Waals surface area contributed by atoms with Crippen LogP contribution in [0.2, 0.25) is 5.02 Å². The van der Waals surface area contributed by atoms with Crippen LogP contribution in [-0.2, 0) is 10.0 Å². The third-order valence-electron chi connectivity index (χ3n) is 2.45. The Morgan fingerprint density at radius 1 is 1.24 bits per heavy atom. The second kappa shape index (κ2) is 6.51. The van der Waals surface area contributed by atoms with Crippen molar-refractivity contribution < 1.29 is 13.2 Å². The molecule has 1 aromatic carbocycles. The smallest absolute Gasteiger partial charge is 0.263 e. The Labute approximate surface area is 144 Å². The molecule has 0 unspecified atom stereocenters. The number of nitrogens with one attached hydrogen (secondary N) is 1. The quantitative estimate of drug-likeness (QED) is 0.753. The van der Waals surface area contributed by atoms with Crippen LogP contribution in [-0.4, -0.2) is 20.5 Å². The van der Waals surface area contributed by atoms with Gasteiger partial charge in [-0.05, 0) is 50.1 Å². The molecule has 0 spiro atoms. The molecule has 0 aliphatic rings. The van der Waals surface area contributed by atoms with E-state index in [9.17, 15) is 8.42 Å². The van der Waals surface area contributed by atoms with Gasteiger partial charge in [0, 0.05) is 21.9 Å². The summed E-state index contributed by atoms with van der Waals surface area (Å²) in [6.07, 6.45) is 2.74. The zero-order valence-corrected chi connectivity index (χ0v) is 15.3. The number of hydrogen-bond acceptors (Lipinski definition) is 4. The summed E-state index contributed by atoms with van der Waals surface area (Å²) in [6, 6.07) is 4.52. The molecule has 112 valence electrons. The first kappa shape index (κ1) is 16.5. The van der Waals surface area contributed by atoms with E-state index in [1.54, 1.807) is 6.07 Å². The molecule has 2 aromatic rings. The second-order valence-corrected chi connectivity index (χ2v) is 7.80. The zero-order valence-electron chi connectivity index (χ0n) is 10.6. The molecule has 0 atom stereocenters. The van der Waals surface area contributed by atoms with Gasteiger partial charge in [-0.1, -0.05) is 11.6 Å². The Bertz CT molecular complexity index is 784. The van der Waals surface area contributed by atoms with Crippen molar-refractivity contribution in [3.63, 3.8) is 0 Å². The lowest BCUT2D eigenvalue weighted by Gasteiger charge is -2.13. The van der Waals surface area contributed by atoms with E-state index in [4.69, 9.17) is 16.3 Å². The third kappa shape index (κ3) is 3.88. The molecule has 21 heavy (non-hydrogen) atoms. The standard InChI is InChI=1S/C12H9Br2ClN2O3S/c1-20-12-10(14)3-8(15)4-11(12)17-21(18,19)9-2-7(13)5-16-6-9/h2-6,17H,1H3. The molecule has 0 radical (unpaired) electrons. The first-order chi connectivity index (χ1) is 9.83. The van der Waals surface area contributed by atoms with Crippen molar-refractivity contribution in [3.8, 4) is 5.75 Å². The summed E-state index contributed by atoms with van der Waals surface area (Å²) in [6.45, 7) is 0. The molecule has 1 N–H and O–H groups in total. The summed E-state index contributed by atoms with van der Waals surface area (Å²) in [4.78, 5) is 3.86. The van der Waals surface area contributed by atoms with Crippen LogP contribution in [0.4, 0.5) is 5.69 Å². The molecule has 0 bridgehead atoms. The van der Waals surface area contributed by atoms with Crippen molar-refractivity contribution in [3.05, 3.63) is 44.6 Å². The van der Waals surface area contributed by atoms with Crippen molar-refractivity contribution in [1.82, 2.24) is 4.98 Å². The van der Waals surface area contributed by atoms with E-state index in [1.165, 1.54) is 31.6 Å². The number of aromatic nitrogens is 1. The minimum atomic E-state index is -3.80. The van der Waals surface area contributed by atoms with Crippen molar-refractivity contribution in [1.29, 1.82) is 0 Å². The van der Waals surface area contributed by atoms with Crippen LogP contribution in [0.15, 0.2) is 44.4 Å². The van der Waals surface area contributed by atoms with Gasteiger partial charge in [-0.15, -0.1) is 0 Å². The van der Waals surface area contributed by atoms with Crippen LogP contribution in [0.5, 0.6) is 5.75 Å². The van der Waals surface area contributed by atoms with Gasteiger partial charge in [0.15, 0.2) is 5.75 Å². The van der Waals surface area contributed by atoms with Gasteiger partial charge in [0.05, 0.1) is 17.3 Å². The number of ether oxygens (including phenoxy) is 1. The molecule has 0 saturated heterocycles. The molecule has 0 fully saturated rings. The molecular weight excluding hydrogens is 447 g/mol. The highest BCUT2D eigenvalue weighted by atomic mass is 79.9. The number of nitrogens with zero attached hydrogens (tertiary/aromatic N) is 1. The number of hydrogen-bond donors (Lipinski definition) is 1. The predicted molar refractivity (Wildman–Crippen MR) is 88.4 cm³/mol. The number of sulfonamides is 1. The highest BCUT2D eigenvalue weighted by Crippen LogP contribution is 2.37. The fraction of sp³-hybridized carbons (Fsp3) is 0.0833. The molecule has 0 aliphatic heterocycles. The first-order valence-corrected chi connectivity index (χ1v) is 8.94. The average Bonchev–Trinajstić information content (AvgIpc) is 2.37. The monoisotopic (exact) mass is 454 g/mol. The normalized spacial score (nSPS) is 11.2. The fourth-order valence-corrected chi connectivity index (χ4v) is 4.12. The molecule has 0 amide bonds. The van der Waals surface area contributed by atoms with Crippen LogP contribution >= 0.6 is 43.5 Å². The summed E-state index contributed by atoms with van der Waals surface area (Å²) in [7, 11) is -2.37. The Morgan fingerprint density at radius 3 is 2.57 bits per heavy atom. The second-order valence-electron chi connectivity index (χ2n) is 3.91. The van der Waals surface area contributed by atoms with Crippen LogP contribution in [0.25, 0.3) is 0 Å². The van der Waals surface area contributed by atoms with Gasteiger partial charge < -0.3 is 4.74 Å². The van der Waals surface area contributed by atoms with Crippen molar-refractivity contribution in [2.24, 2.45) is 0 Å². The molecule has 9 heteroatoms. The van der Waals surface area contributed by atoms with E-state index in [2.05, 4.69) is 41.6 Å². The van der Waals surface area contributed by atoms with E-state index >= 15 is 0 Å². The van der Waals surface area contributed by atoms with E-state index < -0.39 is 10.0 Å². The van der Waals surface area contributed by atoms with Gasteiger partial charge >= 0.3 is 0 Å². The Morgan fingerprint density at radius 2 is 1.95 bits per heavy atom. The molecular formula is C12H9Br2ClN2O3S. The van der Waals surface area contributed by atoms with Crippen molar-refractivity contribution in [2.75, 3.05) is 11.8 Å². The maximum absolute atomic E-state index is 12.4. The van der Waals surface area contributed by atoms with Crippen LogP contribution < -0.4 is 9.46 Å². The lowest BCUT2D eigenvalue weighted by Crippen LogP contribution is -2.14. The number of anilines is 1. The summed E-state index contributed by atoms with van der Waals surface area (Å²) >= 11 is 12.4. The number of benzene rings is 1. The number of pyridine rings is 1. The van der Waals surface area contributed by atoms with E-state index in [0.29, 0.717) is 19.7 Å². The first-order valence-electron chi connectivity index (χ1n) is 5.50. The van der Waals surface area contributed by atoms with Crippen LogP contribution in [0.3, 0.4) is 0 Å². The molecule has 0 saturated carbocycles. The lowest BCUT2D eigenvalue weighted by molar-refractivity contribution is 0.414. The largest absolute Gasteiger partial charge is 0.493 e. The van der Waals surface area contributed by atoms with E-state index in [-0.39, 0.29) is 10.6 Å². The van der Waals surface area contributed by atoms with Gasteiger partial charge in [-0.3, -0.25) is 9.71 Å². The van der Waals surface area contributed by atoms with Gasteiger partial charge in [-0.2, -0.15) is 0 Å². The Balaban J connectivity index is 2.46. The molecule has 1 aromatic heterocycles. The minimum absolute atomic E-state index is 0.0232. The Kier molecular flexibility index (Phi) is 5.13.